The van der Waals surface area contributed by atoms with Crippen molar-refractivity contribution in [2.75, 3.05) is 19.7 Å². The van der Waals surface area contributed by atoms with Gasteiger partial charge in [-0.1, -0.05) is 24.3 Å². The predicted octanol–water partition coefficient (Wildman–Crippen LogP) is 4.56. The molecule has 158 valence electrons. The third-order valence-corrected chi connectivity index (χ3v) is 6.29. The number of para-hydroxylation sites is 1. The lowest BCUT2D eigenvalue weighted by Gasteiger charge is -2.30. The molecule has 0 radical (unpaired) electrons. The fourth-order valence-corrected chi connectivity index (χ4v) is 4.59. The van der Waals surface area contributed by atoms with Crippen LogP contribution < -0.4 is 10.1 Å². The van der Waals surface area contributed by atoms with Gasteiger partial charge in [-0.2, -0.15) is 0 Å². The molecule has 1 N–H and O–H groups in total. The fraction of sp³-hybridized carbons (Fsp3) is 0.308. The molecule has 0 fully saturated rings. The third kappa shape index (κ3) is 3.29. The number of furan rings is 1. The Bertz CT molecular complexity index is 1230. The number of nitrogens with one attached hydrogen (secondary N) is 1. The Morgan fingerprint density at radius 1 is 1.13 bits per heavy atom. The Morgan fingerprint density at radius 2 is 1.97 bits per heavy atom. The van der Waals surface area contributed by atoms with Gasteiger partial charge in [-0.25, -0.2) is 0 Å². The van der Waals surface area contributed by atoms with Crippen LogP contribution in [0.4, 0.5) is 0 Å². The van der Waals surface area contributed by atoms with Gasteiger partial charge >= 0.3 is 0 Å². The van der Waals surface area contributed by atoms with Crippen molar-refractivity contribution in [1.29, 1.82) is 0 Å². The van der Waals surface area contributed by atoms with Crippen LogP contribution >= 0.6 is 0 Å². The number of carbonyl (C=O) groups excluding carboxylic acids is 2. The molecular formula is C26H25NO4. The Hall–Kier alpha value is -3.18. The van der Waals surface area contributed by atoms with E-state index in [1.165, 1.54) is 0 Å². The maximum Gasteiger partial charge on any atom is 0.197 e. The van der Waals surface area contributed by atoms with Crippen LogP contribution in [0.5, 0.6) is 5.75 Å². The molecule has 5 rings (SSSR count). The van der Waals surface area contributed by atoms with Gasteiger partial charge in [0, 0.05) is 22.8 Å². The van der Waals surface area contributed by atoms with E-state index in [1.54, 1.807) is 0 Å². The standard InChI is InChI=1S/C26H25NO4/c1-26(2)20-14-17(30-13-11-16-6-5-12-27-15-21(16)28)9-10-18(20)24(29)23-19-7-3-4-8-22(19)31-25(23)26/h3-4,6-10,14,27H,5,11-13,15H2,1-2H3. The van der Waals surface area contributed by atoms with E-state index in [0.29, 0.717) is 42.2 Å². The van der Waals surface area contributed by atoms with Gasteiger partial charge in [-0.15, -0.1) is 0 Å². The summed E-state index contributed by atoms with van der Waals surface area (Å²) in [6, 6.07) is 13.3. The van der Waals surface area contributed by atoms with Crippen molar-refractivity contribution in [1.82, 2.24) is 5.32 Å². The Balaban J connectivity index is 1.42. The average molecular weight is 415 g/mol. The lowest BCUT2D eigenvalue weighted by Crippen LogP contribution is -2.29. The van der Waals surface area contributed by atoms with E-state index in [4.69, 9.17) is 9.15 Å². The van der Waals surface area contributed by atoms with Crippen LogP contribution in [0.1, 0.15) is 53.9 Å². The topological polar surface area (TPSA) is 68.5 Å². The van der Waals surface area contributed by atoms with Gasteiger partial charge in [0.1, 0.15) is 17.1 Å². The monoisotopic (exact) mass is 415 g/mol. The molecule has 2 aliphatic rings. The van der Waals surface area contributed by atoms with E-state index >= 15 is 0 Å². The minimum Gasteiger partial charge on any atom is -0.493 e. The Kier molecular flexibility index (Phi) is 4.78. The van der Waals surface area contributed by atoms with E-state index in [2.05, 4.69) is 19.2 Å². The SMILES string of the molecule is CC1(C)c2cc(OCCC3=CCCNCC3=O)ccc2C(=O)c2c1oc1ccccc21. The highest BCUT2D eigenvalue weighted by Gasteiger charge is 2.41. The van der Waals surface area contributed by atoms with Crippen molar-refractivity contribution in [2.24, 2.45) is 0 Å². The molecule has 2 heterocycles. The van der Waals surface area contributed by atoms with Crippen molar-refractivity contribution < 1.29 is 18.7 Å². The molecule has 1 aliphatic heterocycles. The number of hydrogen-bond acceptors (Lipinski definition) is 5. The molecule has 3 aromatic rings. The lowest BCUT2D eigenvalue weighted by molar-refractivity contribution is -0.114. The predicted molar refractivity (Wildman–Crippen MR) is 119 cm³/mol. The second-order valence-corrected chi connectivity index (χ2v) is 8.68. The quantitative estimate of drug-likeness (QED) is 0.677. The number of fused-ring (bicyclic) bond motifs is 4. The molecule has 0 amide bonds. The molecule has 1 aromatic heterocycles. The van der Waals surface area contributed by atoms with Crippen LogP contribution in [-0.4, -0.2) is 31.3 Å². The summed E-state index contributed by atoms with van der Waals surface area (Å²) in [5.74, 6) is 1.52. The van der Waals surface area contributed by atoms with Gasteiger partial charge in [-0.05, 0) is 62.2 Å². The second-order valence-electron chi connectivity index (χ2n) is 8.68. The van der Waals surface area contributed by atoms with Gasteiger partial charge < -0.3 is 14.5 Å². The fourth-order valence-electron chi connectivity index (χ4n) is 4.59. The number of ether oxygens (including phenoxy) is 1. The van der Waals surface area contributed by atoms with Gasteiger partial charge in [0.05, 0.1) is 18.7 Å². The lowest BCUT2D eigenvalue weighted by atomic mass is 9.72. The zero-order valence-corrected chi connectivity index (χ0v) is 17.8. The maximum atomic E-state index is 13.3. The average Bonchev–Trinajstić information content (AvgIpc) is 3.05. The first kappa shape index (κ1) is 19.8. The normalized spacial score (nSPS) is 17.7. The summed E-state index contributed by atoms with van der Waals surface area (Å²) >= 11 is 0. The molecule has 0 atom stereocenters. The van der Waals surface area contributed by atoms with Crippen molar-refractivity contribution in [3.63, 3.8) is 0 Å². The number of Topliss-reactive ketones (excluding diaryl/α,β-unsaturated/α-hetero) is 1. The van der Waals surface area contributed by atoms with Gasteiger partial charge in [-0.3, -0.25) is 9.59 Å². The molecule has 1 aliphatic carbocycles. The first-order valence-electron chi connectivity index (χ1n) is 10.7. The smallest absolute Gasteiger partial charge is 0.197 e. The van der Waals surface area contributed by atoms with Crippen LogP contribution in [0.2, 0.25) is 0 Å². The van der Waals surface area contributed by atoms with Crippen molar-refractivity contribution in [3.8, 4) is 5.75 Å². The Labute approximate surface area is 181 Å². The molecular weight excluding hydrogens is 390 g/mol. The van der Waals surface area contributed by atoms with Crippen molar-refractivity contribution >= 4 is 22.5 Å². The molecule has 2 aromatic carbocycles. The minimum atomic E-state index is -0.470. The van der Waals surface area contributed by atoms with E-state index in [1.807, 2.05) is 48.5 Å². The van der Waals surface area contributed by atoms with E-state index < -0.39 is 5.41 Å². The summed E-state index contributed by atoms with van der Waals surface area (Å²) in [6.45, 7) is 5.78. The zero-order chi connectivity index (χ0) is 21.6. The van der Waals surface area contributed by atoms with Crippen LogP contribution in [-0.2, 0) is 10.2 Å². The maximum absolute atomic E-state index is 13.3. The molecule has 5 nitrogen and oxygen atoms in total. The minimum absolute atomic E-state index is 0.0115. The van der Waals surface area contributed by atoms with E-state index in [0.717, 1.165) is 35.1 Å². The number of carbonyl (C=O) groups is 2. The Morgan fingerprint density at radius 3 is 2.84 bits per heavy atom. The summed E-state index contributed by atoms with van der Waals surface area (Å²) in [7, 11) is 0. The highest BCUT2D eigenvalue weighted by molar-refractivity contribution is 6.19. The molecule has 0 saturated carbocycles. The van der Waals surface area contributed by atoms with Crippen LogP contribution in [0.15, 0.2) is 58.5 Å². The molecule has 0 unspecified atom stereocenters. The summed E-state index contributed by atoms with van der Waals surface area (Å²) < 4.78 is 12.1. The van der Waals surface area contributed by atoms with Crippen molar-refractivity contribution in [3.05, 3.63) is 76.6 Å². The van der Waals surface area contributed by atoms with E-state index in [-0.39, 0.29) is 11.6 Å². The second kappa shape index (κ2) is 7.50. The van der Waals surface area contributed by atoms with Gasteiger partial charge in [0.2, 0.25) is 0 Å². The molecule has 0 spiro atoms. The van der Waals surface area contributed by atoms with Gasteiger partial charge in [0.15, 0.2) is 11.6 Å². The first-order valence-corrected chi connectivity index (χ1v) is 10.7. The molecule has 5 heteroatoms. The summed E-state index contributed by atoms with van der Waals surface area (Å²) in [6.07, 6.45) is 3.44. The highest BCUT2D eigenvalue weighted by Crippen LogP contribution is 2.46. The third-order valence-electron chi connectivity index (χ3n) is 6.29. The first-order chi connectivity index (χ1) is 15.0. The van der Waals surface area contributed by atoms with Crippen molar-refractivity contribution in [2.45, 2.75) is 32.1 Å². The van der Waals surface area contributed by atoms with Crippen LogP contribution in [0.25, 0.3) is 11.0 Å². The largest absolute Gasteiger partial charge is 0.493 e. The van der Waals surface area contributed by atoms with Gasteiger partial charge in [0.25, 0.3) is 0 Å². The number of ketones is 2. The van der Waals surface area contributed by atoms with Crippen LogP contribution in [0.3, 0.4) is 0 Å². The molecule has 0 saturated heterocycles. The molecule has 0 bridgehead atoms. The van der Waals surface area contributed by atoms with Crippen LogP contribution in [0, 0.1) is 0 Å². The number of benzene rings is 2. The number of rotatable bonds is 4. The summed E-state index contributed by atoms with van der Waals surface area (Å²) in [4.78, 5) is 25.4. The zero-order valence-electron chi connectivity index (χ0n) is 17.8. The van der Waals surface area contributed by atoms with E-state index in [9.17, 15) is 9.59 Å². The summed E-state index contributed by atoms with van der Waals surface area (Å²) in [5.41, 5.74) is 3.33. The number of hydrogen-bond donors (Lipinski definition) is 1. The summed E-state index contributed by atoms with van der Waals surface area (Å²) in [5, 5.41) is 3.98. The highest BCUT2D eigenvalue weighted by atomic mass is 16.5. The molecule has 31 heavy (non-hydrogen) atoms.